The van der Waals surface area contributed by atoms with Gasteiger partial charge in [0.05, 0.1) is 16.8 Å². The first kappa shape index (κ1) is 25.5. The number of benzene rings is 7. The standard InChI is InChI=1S/C43H29NO2/c1-43(2)33-17-8-5-15-31(33)40-34(43)18-11-19-35(40)44(27-22-23-30-29-14-6-9-20-37(29)45-39(30)25-27)36-24-26-12-3-4-13-28(26)42-41(36)32-16-7-10-21-38(32)46-42/h3-25H,1-2H3. The number of fused-ring (bicyclic) bond motifs is 11. The minimum Gasteiger partial charge on any atom is -0.456 e. The van der Waals surface area contributed by atoms with E-state index >= 15 is 0 Å². The lowest BCUT2D eigenvalue weighted by molar-refractivity contribution is 0.660. The van der Waals surface area contributed by atoms with E-state index in [-0.39, 0.29) is 5.41 Å². The van der Waals surface area contributed by atoms with Gasteiger partial charge in [-0.25, -0.2) is 0 Å². The Labute approximate surface area is 265 Å². The molecular weight excluding hydrogens is 562 g/mol. The first-order valence-electron chi connectivity index (χ1n) is 15.9. The molecule has 0 spiro atoms. The van der Waals surface area contributed by atoms with Crippen LogP contribution in [0.3, 0.4) is 0 Å². The van der Waals surface area contributed by atoms with Crippen LogP contribution in [0.4, 0.5) is 17.1 Å². The summed E-state index contributed by atoms with van der Waals surface area (Å²) in [6, 6.07) is 49.8. The number of hydrogen-bond acceptors (Lipinski definition) is 3. The summed E-state index contributed by atoms with van der Waals surface area (Å²) >= 11 is 0. The van der Waals surface area contributed by atoms with Crippen molar-refractivity contribution in [2.75, 3.05) is 4.90 Å². The maximum absolute atomic E-state index is 6.68. The van der Waals surface area contributed by atoms with Crippen LogP contribution in [0, 0.1) is 0 Å². The molecule has 9 aromatic rings. The zero-order valence-corrected chi connectivity index (χ0v) is 25.5. The van der Waals surface area contributed by atoms with Gasteiger partial charge in [-0.05, 0) is 58.5 Å². The maximum atomic E-state index is 6.68. The summed E-state index contributed by atoms with van der Waals surface area (Å²) in [4.78, 5) is 2.43. The second kappa shape index (κ2) is 9.12. The fraction of sp³-hybridized carbons (Fsp3) is 0.0698. The van der Waals surface area contributed by atoms with Gasteiger partial charge in [0.1, 0.15) is 22.3 Å². The number of nitrogens with zero attached hydrogens (tertiary/aromatic N) is 1. The van der Waals surface area contributed by atoms with Crippen molar-refractivity contribution in [2.45, 2.75) is 19.3 Å². The molecule has 0 bridgehead atoms. The first-order chi connectivity index (χ1) is 22.6. The Balaban J connectivity index is 1.36. The molecule has 0 N–H and O–H groups in total. The largest absolute Gasteiger partial charge is 0.456 e. The Kier molecular flexibility index (Phi) is 5.06. The molecule has 1 aliphatic rings. The maximum Gasteiger partial charge on any atom is 0.145 e. The molecule has 7 aromatic carbocycles. The van der Waals surface area contributed by atoms with Gasteiger partial charge in [-0.2, -0.15) is 0 Å². The average molecular weight is 592 g/mol. The predicted molar refractivity (Wildman–Crippen MR) is 191 cm³/mol. The van der Waals surface area contributed by atoms with E-state index in [0.29, 0.717) is 0 Å². The summed E-state index contributed by atoms with van der Waals surface area (Å²) in [5.74, 6) is 0. The van der Waals surface area contributed by atoms with Crippen LogP contribution in [-0.4, -0.2) is 0 Å². The fourth-order valence-electron chi connectivity index (χ4n) is 7.90. The highest BCUT2D eigenvalue weighted by Gasteiger charge is 2.38. The predicted octanol–water partition coefficient (Wildman–Crippen LogP) is 12.4. The Morgan fingerprint density at radius 2 is 1.17 bits per heavy atom. The van der Waals surface area contributed by atoms with Crippen molar-refractivity contribution >= 4 is 71.7 Å². The van der Waals surface area contributed by atoms with E-state index in [1.807, 2.05) is 18.2 Å². The molecular formula is C43H29NO2. The Bertz CT molecular complexity index is 2690. The van der Waals surface area contributed by atoms with Gasteiger partial charge >= 0.3 is 0 Å². The van der Waals surface area contributed by atoms with Crippen molar-refractivity contribution < 1.29 is 8.83 Å². The zero-order chi connectivity index (χ0) is 30.6. The Morgan fingerprint density at radius 1 is 0.500 bits per heavy atom. The SMILES string of the molecule is CC1(C)c2ccccc2-c2c(N(c3ccc4c(c3)oc3ccccc34)c3cc4ccccc4c4oc5ccccc5c34)cccc21. The smallest absolute Gasteiger partial charge is 0.145 e. The fourth-order valence-corrected chi connectivity index (χ4v) is 7.90. The van der Waals surface area contributed by atoms with Gasteiger partial charge in [0.2, 0.25) is 0 Å². The molecule has 218 valence electrons. The summed E-state index contributed by atoms with van der Waals surface area (Å²) in [6.07, 6.45) is 0. The molecule has 0 atom stereocenters. The van der Waals surface area contributed by atoms with Crippen LogP contribution in [0.15, 0.2) is 148 Å². The van der Waals surface area contributed by atoms with Crippen LogP contribution >= 0.6 is 0 Å². The lowest BCUT2D eigenvalue weighted by Crippen LogP contribution is -2.16. The van der Waals surface area contributed by atoms with Crippen LogP contribution in [0.5, 0.6) is 0 Å². The van der Waals surface area contributed by atoms with Gasteiger partial charge in [-0.3, -0.25) is 0 Å². The highest BCUT2D eigenvalue weighted by atomic mass is 16.3. The van der Waals surface area contributed by atoms with Crippen molar-refractivity contribution in [1.82, 2.24) is 0 Å². The Morgan fingerprint density at radius 3 is 2.04 bits per heavy atom. The molecule has 0 saturated carbocycles. The van der Waals surface area contributed by atoms with Crippen LogP contribution in [0.25, 0.3) is 65.8 Å². The molecule has 2 aromatic heterocycles. The molecule has 0 saturated heterocycles. The molecule has 0 unspecified atom stereocenters. The molecule has 0 fully saturated rings. The van der Waals surface area contributed by atoms with Gasteiger partial charge in [0, 0.05) is 44.3 Å². The number of anilines is 3. The molecule has 2 heterocycles. The van der Waals surface area contributed by atoms with Crippen LogP contribution in [-0.2, 0) is 5.41 Å². The highest BCUT2D eigenvalue weighted by Crippen LogP contribution is 2.55. The average Bonchev–Trinajstić information content (AvgIpc) is 3.74. The van der Waals surface area contributed by atoms with Gasteiger partial charge in [0.15, 0.2) is 0 Å². The van der Waals surface area contributed by atoms with E-state index in [0.717, 1.165) is 71.7 Å². The summed E-state index contributed by atoms with van der Waals surface area (Å²) in [7, 11) is 0. The summed E-state index contributed by atoms with van der Waals surface area (Å²) in [6.45, 7) is 4.67. The molecule has 10 rings (SSSR count). The van der Waals surface area contributed by atoms with E-state index in [1.54, 1.807) is 0 Å². The minimum atomic E-state index is -0.128. The molecule has 0 amide bonds. The normalized spacial score (nSPS) is 13.6. The van der Waals surface area contributed by atoms with E-state index in [4.69, 9.17) is 8.83 Å². The molecule has 0 aliphatic heterocycles. The summed E-state index contributed by atoms with van der Waals surface area (Å²) < 4.78 is 13.1. The van der Waals surface area contributed by atoms with Crippen molar-refractivity contribution in [1.29, 1.82) is 0 Å². The van der Waals surface area contributed by atoms with E-state index < -0.39 is 0 Å². The minimum absolute atomic E-state index is 0.128. The van der Waals surface area contributed by atoms with Gasteiger partial charge in [0.25, 0.3) is 0 Å². The van der Waals surface area contributed by atoms with Crippen molar-refractivity contribution in [3.63, 3.8) is 0 Å². The lowest BCUT2D eigenvalue weighted by Gasteiger charge is -2.29. The molecule has 1 aliphatic carbocycles. The number of para-hydroxylation sites is 2. The highest BCUT2D eigenvalue weighted by molar-refractivity contribution is 6.22. The zero-order valence-electron chi connectivity index (χ0n) is 25.5. The quantitative estimate of drug-likeness (QED) is 0.205. The number of hydrogen-bond donors (Lipinski definition) is 0. The molecule has 0 radical (unpaired) electrons. The molecule has 3 nitrogen and oxygen atoms in total. The van der Waals surface area contributed by atoms with Crippen LogP contribution < -0.4 is 4.90 Å². The topological polar surface area (TPSA) is 29.5 Å². The van der Waals surface area contributed by atoms with E-state index in [2.05, 4.69) is 140 Å². The van der Waals surface area contributed by atoms with Crippen molar-refractivity contribution in [3.8, 4) is 11.1 Å². The van der Waals surface area contributed by atoms with Gasteiger partial charge in [-0.15, -0.1) is 0 Å². The second-order valence-corrected chi connectivity index (χ2v) is 12.9. The third-order valence-corrected chi connectivity index (χ3v) is 10.0. The Hall–Kier alpha value is -5.80. The summed E-state index contributed by atoms with van der Waals surface area (Å²) in [5, 5.41) is 6.67. The van der Waals surface area contributed by atoms with E-state index in [1.165, 1.54) is 22.3 Å². The first-order valence-corrected chi connectivity index (χ1v) is 15.9. The van der Waals surface area contributed by atoms with Crippen LogP contribution in [0.2, 0.25) is 0 Å². The van der Waals surface area contributed by atoms with Crippen molar-refractivity contribution in [3.05, 3.63) is 151 Å². The number of rotatable bonds is 3. The van der Waals surface area contributed by atoms with Crippen molar-refractivity contribution in [2.24, 2.45) is 0 Å². The molecule has 46 heavy (non-hydrogen) atoms. The van der Waals surface area contributed by atoms with E-state index in [9.17, 15) is 0 Å². The third kappa shape index (κ3) is 3.37. The van der Waals surface area contributed by atoms with Crippen LogP contribution in [0.1, 0.15) is 25.0 Å². The second-order valence-electron chi connectivity index (χ2n) is 12.9. The monoisotopic (exact) mass is 591 g/mol. The van der Waals surface area contributed by atoms with Gasteiger partial charge in [-0.1, -0.05) is 111 Å². The molecule has 3 heteroatoms. The lowest BCUT2D eigenvalue weighted by atomic mass is 9.82. The third-order valence-electron chi connectivity index (χ3n) is 10.0. The van der Waals surface area contributed by atoms with Gasteiger partial charge < -0.3 is 13.7 Å². The number of furan rings is 2. The summed E-state index contributed by atoms with van der Waals surface area (Å²) in [5.41, 5.74) is 11.9.